The predicted octanol–water partition coefficient (Wildman–Crippen LogP) is 7.65. The molecule has 7 rings (SSSR count). The van der Waals surface area contributed by atoms with E-state index in [0.29, 0.717) is 0 Å². The fourth-order valence-corrected chi connectivity index (χ4v) is 4.90. The van der Waals surface area contributed by atoms with Gasteiger partial charge in [0.15, 0.2) is 0 Å². The Kier molecular flexibility index (Phi) is 4.74. The number of nitrogens with zero attached hydrogens (tertiary/aromatic N) is 4. The van der Waals surface area contributed by atoms with Crippen LogP contribution in [0.1, 0.15) is 0 Å². The summed E-state index contributed by atoms with van der Waals surface area (Å²) in [5, 5.41) is 0. The van der Waals surface area contributed by atoms with E-state index in [4.69, 9.17) is 9.97 Å². The van der Waals surface area contributed by atoms with E-state index in [1.54, 1.807) is 0 Å². The van der Waals surface area contributed by atoms with Gasteiger partial charge in [-0.3, -0.25) is 8.80 Å². The Labute approximate surface area is 208 Å². The Morgan fingerprint density at radius 2 is 0.806 bits per heavy atom. The highest BCUT2D eigenvalue weighted by Gasteiger charge is 2.17. The van der Waals surface area contributed by atoms with Crippen molar-refractivity contribution in [1.82, 2.24) is 18.8 Å². The molecule has 4 nitrogen and oxygen atoms in total. The van der Waals surface area contributed by atoms with Gasteiger partial charge < -0.3 is 0 Å². The Morgan fingerprint density at radius 1 is 0.389 bits per heavy atom. The van der Waals surface area contributed by atoms with Gasteiger partial charge >= 0.3 is 0 Å². The summed E-state index contributed by atoms with van der Waals surface area (Å²) in [6, 6.07) is 41.7. The van der Waals surface area contributed by atoms with Crippen LogP contribution in [-0.4, -0.2) is 18.8 Å². The van der Waals surface area contributed by atoms with Gasteiger partial charge in [0.25, 0.3) is 0 Å². The van der Waals surface area contributed by atoms with E-state index in [9.17, 15) is 0 Å². The Bertz CT molecular complexity index is 1700. The van der Waals surface area contributed by atoms with Crippen molar-refractivity contribution in [2.75, 3.05) is 0 Å². The summed E-state index contributed by atoms with van der Waals surface area (Å²) in [5.74, 6) is 1.87. The lowest BCUT2D eigenvalue weighted by atomic mass is 10.0. The maximum atomic E-state index is 5.12. The lowest BCUT2D eigenvalue weighted by Gasteiger charge is -2.03. The smallest absolute Gasteiger partial charge is 0.145 e. The van der Waals surface area contributed by atoms with Crippen LogP contribution >= 0.6 is 0 Å². The molecule has 0 bridgehead atoms. The van der Waals surface area contributed by atoms with Crippen LogP contribution in [0.25, 0.3) is 56.3 Å². The molecule has 0 amide bonds. The van der Waals surface area contributed by atoms with Gasteiger partial charge in [0.2, 0.25) is 0 Å². The molecular weight excluding hydrogens is 440 g/mol. The summed E-state index contributed by atoms with van der Waals surface area (Å²) in [7, 11) is 0. The molecule has 0 aliphatic rings. The number of hydrogen-bond acceptors (Lipinski definition) is 2. The van der Waals surface area contributed by atoms with Crippen molar-refractivity contribution < 1.29 is 0 Å². The number of fused-ring (bicyclic) bond motifs is 2. The quantitative estimate of drug-likeness (QED) is 0.269. The maximum absolute atomic E-state index is 5.12. The molecule has 4 aromatic heterocycles. The largest absolute Gasteiger partial charge is 0.299 e. The van der Waals surface area contributed by atoms with Crippen LogP contribution in [0.15, 0.2) is 134 Å². The summed E-state index contributed by atoms with van der Waals surface area (Å²) in [6.07, 6.45) is 4.15. The Hall–Kier alpha value is -4.96. The monoisotopic (exact) mass is 462 g/mol. The predicted molar refractivity (Wildman–Crippen MR) is 146 cm³/mol. The van der Waals surface area contributed by atoms with Crippen molar-refractivity contribution in [2.45, 2.75) is 0 Å². The van der Waals surface area contributed by atoms with Gasteiger partial charge in [-0.05, 0) is 30.3 Å². The second-order valence-electron chi connectivity index (χ2n) is 8.79. The minimum absolute atomic E-state index is 0.936. The number of hydrogen-bond donors (Lipinski definition) is 0. The van der Waals surface area contributed by atoms with Crippen LogP contribution in [0.5, 0.6) is 0 Å². The third kappa shape index (κ3) is 3.31. The van der Waals surface area contributed by atoms with Crippen molar-refractivity contribution >= 4 is 11.0 Å². The van der Waals surface area contributed by atoms with Crippen LogP contribution in [0, 0.1) is 0 Å². The fourth-order valence-electron chi connectivity index (χ4n) is 4.90. The molecule has 0 spiro atoms. The molecule has 7 aromatic rings. The zero-order chi connectivity index (χ0) is 23.9. The van der Waals surface area contributed by atoms with E-state index in [0.717, 1.165) is 56.3 Å². The number of aromatic nitrogens is 4. The van der Waals surface area contributed by atoms with Gasteiger partial charge in [-0.25, -0.2) is 9.97 Å². The van der Waals surface area contributed by atoms with E-state index in [-0.39, 0.29) is 0 Å². The van der Waals surface area contributed by atoms with Crippen LogP contribution in [0.2, 0.25) is 0 Å². The second-order valence-corrected chi connectivity index (χ2v) is 8.79. The first-order valence-corrected chi connectivity index (χ1v) is 12.0. The summed E-state index contributed by atoms with van der Waals surface area (Å²) in [6.45, 7) is 0. The van der Waals surface area contributed by atoms with Crippen molar-refractivity contribution in [2.24, 2.45) is 0 Å². The highest BCUT2D eigenvalue weighted by Crippen LogP contribution is 2.34. The summed E-state index contributed by atoms with van der Waals surface area (Å²) < 4.78 is 4.33. The van der Waals surface area contributed by atoms with Crippen molar-refractivity contribution in [3.05, 3.63) is 134 Å². The minimum Gasteiger partial charge on any atom is -0.299 e. The zero-order valence-electron chi connectivity index (χ0n) is 19.5. The number of rotatable bonds is 4. The lowest BCUT2D eigenvalue weighted by molar-refractivity contribution is 1.16. The molecule has 36 heavy (non-hydrogen) atoms. The van der Waals surface area contributed by atoms with Crippen LogP contribution < -0.4 is 0 Å². The van der Waals surface area contributed by atoms with Gasteiger partial charge in [0, 0.05) is 34.6 Å². The summed E-state index contributed by atoms with van der Waals surface area (Å²) >= 11 is 0. The molecular formula is C32H22N4. The first-order chi connectivity index (χ1) is 17.9. The molecule has 0 N–H and O–H groups in total. The molecule has 0 aliphatic carbocycles. The Morgan fingerprint density at radius 3 is 1.28 bits per heavy atom. The van der Waals surface area contributed by atoms with E-state index in [2.05, 4.69) is 94.0 Å². The normalized spacial score (nSPS) is 11.3. The first kappa shape index (κ1) is 20.4. The average Bonchev–Trinajstić information content (AvgIpc) is 3.54. The third-order valence-electron chi connectivity index (χ3n) is 6.57. The fraction of sp³-hybridized carbons (Fsp3) is 0. The molecule has 0 saturated carbocycles. The average molecular weight is 463 g/mol. The van der Waals surface area contributed by atoms with Gasteiger partial charge in [-0.2, -0.15) is 0 Å². The van der Waals surface area contributed by atoms with E-state index < -0.39 is 0 Å². The first-order valence-electron chi connectivity index (χ1n) is 12.0. The maximum Gasteiger partial charge on any atom is 0.145 e. The molecule has 4 heteroatoms. The summed E-state index contributed by atoms with van der Waals surface area (Å²) in [4.78, 5) is 10.2. The lowest BCUT2D eigenvalue weighted by Crippen LogP contribution is -1.87. The second kappa shape index (κ2) is 8.36. The van der Waals surface area contributed by atoms with Gasteiger partial charge in [-0.1, -0.05) is 91.0 Å². The highest BCUT2D eigenvalue weighted by atomic mass is 15.0. The molecule has 0 fully saturated rings. The minimum atomic E-state index is 0.936. The van der Waals surface area contributed by atoms with Crippen LogP contribution in [0.3, 0.4) is 0 Å². The van der Waals surface area contributed by atoms with Crippen molar-refractivity contribution in [3.8, 4) is 45.3 Å². The SMILES string of the molecule is c1ccc(-c2nc(-c3cccc(-c4nc(-c5ccccc5)n5ccccc45)c3)c3ccccn23)cc1. The van der Waals surface area contributed by atoms with Crippen molar-refractivity contribution in [1.29, 1.82) is 0 Å². The van der Waals surface area contributed by atoms with Gasteiger partial charge in [-0.15, -0.1) is 0 Å². The third-order valence-corrected chi connectivity index (χ3v) is 6.57. The molecule has 0 radical (unpaired) electrons. The molecule has 0 saturated heterocycles. The standard InChI is InChI=1S/C32H22N4/c1-3-12-23(13-4-1)31-33-29(27-18-7-9-20-35(27)31)25-16-11-17-26(22-25)30-28-19-8-10-21-36(28)32(34-30)24-14-5-2-6-15-24/h1-22H. The number of imidazole rings is 2. The topological polar surface area (TPSA) is 34.6 Å². The zero-order valence-corrected chi connectivity index (χ0v) is 19.5. The van der Waals surface area contributed by atoms with E-state index >= 15 is 0 Å². The Balaban J connectivity index is 1.41. The van der Waals surface area contributed by atoms with Gasteiger partial charge in [0.1, 0.15) is 11.6 Å². The molecule has 4 heterocycles. The summed E-state index contributed by atoms with van der Waals surface area (Å²) in [5.41, 5.74) is 8.39. The molecule has 170 valence electrons. The number of benzene rings is 3. The highest BCUT2D eigenvalue weighted by molar-refractivity contribution is 5.87. The van der Waals surface area contributed by atoms with E-state index in [1.165, 1.54) is 0 Å². The van der Waals surface area contributed by atoms with E-state index in [1.807, 2.05) is 48.5 Å². The van der Waals surface area contributed by atoms with Crippen molar-refractivity contribution in [3.63, 3.8) is 0 Å². The number of pyridine rings is 2. The van der Waals surface area contributed by atoms with Crippen LogP contribution in [-0.2, 0) is 0 Å². The van der Waals surface area contributed by atoms with Crippen LogP contribution in [0.4, 0.5) is 0 Å². The molecule has 3 aromatic carbocycles. The molecule has 0 atom stereocenters. The van der Waals surface area contributed by atoms with Gasteiger partial charge in [0.05, 0.1) is 22.4 Å². The molecule has 0 aliphatic heterocycles. The molecule has 0 unspecified atom stereocenters.